The molecule has 0 aromatic heterocycles. The van der Waals surface area contributed by atoms with Crippen LogP contribution in [0.5, 0.6) is 0 Å². The van der Waals surface area contributed by atoms with Gasteiger partial charge >= 0.3 is 0 Å². The van der Waals surface area contributed by atoms with Crippen LogP contribution in [-0.2, 0) is 16.0 Å². The molecule has 0 radical (unpaired) electrons. The van der Waals surface area contributed by atoms with Gasteiger partial charge in [0.1, 0.15) is 0 Å². The zero-order valence-electron chi connectivity index (χ0n) is 14.4. The molecule has 0 spiro atoms. The van der Waals surface area contributed by atoms with Crippen molar-refractivity contribution in [1.29, 1.82) is 0 Å². The molecule has 25 heavy (non-hydrogen) atoms. The number of halogens is 1. The first kappa shape index (κ1) is 19.0. The molecular formula is C19H22ClN3O2. The minimum Gasteiger partial charge on any atom is -0.324 e. The first-order chi connectivity index (χ1) is 12.0. The molecule has 2 rings (SSSR count). The van der Waals surface area contributed by atoms with Crippen LogP contribution in [0.15, 0.2) is 48.5 Å². The third-order valence-corrected chi connectivity index (χ3v) is 3.88. The number of likely N-dealkylation sites (N-methyl/N-ethyl adjacent to an activating group) is 1. The van der Waals surface area contributed by atoms with E-state index >= 15 is 0 Å². The summed E-state index contributed by atoms with van der Waals surface area (Å²) in [6, 6.07) is 14.6. The van der Waals surface area contributed by atoms with E-state index in [0.717, 1.165) is 5.56 Å². The summed E-state index contributed by atoms with van der Waals surface area (Å²) in [5.74, 6) is -0.267. The molecule has 0 atom stereocenters. The Balaban J connectivity index is 1.96. The van der Waals surface area contributed by atoms with Crippen molar-refractivity contribution in [3.8, 4) is 0 Å². The Morgan fingerprint density at radius 3 is 2.08 bits per heavy atom. The number of nitrogens with zero attached hydrogens (tertiary/aromatic N) is 1. The van der Waals surface area contributed by atoms with Crippen LogP contribution in [0.2, 0.25) is 5.02 Å². The summed E-state index contributed by atoms with van der Waals surface area (Å²) >= 11 is 6.11. The fraction of sp³-hybridized carbons (Fsp3) is 0.263. The average Bonchev–Trinajstić information content (AvgIpc) is 2.55. The third kappa shape index (κ3) is 6.21. The van der Waals surface area contributed by atoms with Crippen LogP contribution in [0.1, 0.15) is 12.0 Å². The van der Waals surface area contributed by atoms with Crippen molar-refractivity contribution in [1.82, 2.24) is 4.90 Å². The molecular weight excluding hydrogens is 338 g/mol. The summed E-state index contributed by atoms with van der Waals surface area (Å²) in [6.07, 6.45) is 0.865. The van der Waals surface area contributed by atoms with E-state index in [0.29, 0.717) is 29.2 Å². The monoisotopic (exact) mass is 359 g/mol. The van der Waals surface area contributed by atoms with E-state index in [-0.39, 0.29) is 18.4 Å². The molecule has 2 N–H and O–H groups in total. The largest absolute Gasteiger partial charge is 0.324 e. The van der Waals surface area contributed by atoms with Crippen LogP contribution in [0.3, 0.4) is 0 Å². The molecule has 132 valence electrons. The molecule has 0 bridgehead atoms. The van der Waals surface area contributed by atoms with Gasteiger partial charge in [-0.2, -0.15) is 0 Å². The Labute approximate surface area is 153 Å². The molecule has 0 fully saturated rings. The summed E-state index contributed by atoms with van der Waals surface area (Å²) in [5.41, 5.74) is 2.10. The third-order valence-electron chi connectivity index (χ3n) is 3.51. The van der Waals surface area contributed by atoms with Gasteiger partial charge < -0.3 is 15.5 Å². The topological polar surface area (TPSA) is 61.4 Å². The van der Waals surface area contributed by atoms with Crippen LogP contribution < -0.4 is 10.6 Å². The Bertz CT molecular complexity index is 747. The Hall–Kier alpha value is -2.37. The van der Waals surface area contributed by atoms with Crippen molar-refractivity contribution in [2.75, 3.05) is 31.3 Å². The lowest BCUT2D eigenvalue weighted by Crippen LogP contribution is -2.27. The van der Waals surface area contributed by atoms with E-state index in [1.54, 1.807) is 17.0 Å². The normalized spacial score (nSPS) is 10.6. The van der Waals surface area contributed by atoms with Gasteiger partial charge in [0.15, 0.2) is 0 Å². The molecule has 2 aromatic rings. The second kappa shape index (κ2) is 9.20. The molecule has 5 nitrogen and oxygen atoms in total. The van der Waals surface area contributed by atoms with E-state index in [1.807, 2.05) is 50.5 Å². The minimum atomic E-state index is -0.136. The number of nitrogens with one attached hydrogen (secondary N) is 2. The predicted octanol–water partition coefficient (Wildman–Crippen LogP) is 3.41. The summed E-state index contributed by atoms with van der Waals surface area (Å²) in [7, 11) is 3.64. The molecule has 0 aliphatic rings. The highest BCUT2D eigenvalue weighted by Gasteiger charge is 2.10. The van der Waals surface area contributed by atoms with Gasteiger partial charge in [0.2, 0.25) is 11.8 Å². The fourth-order valence-corrected chi connectivity index (χ4v) is 2.57. The number of para-hydroxylation sites is 2. The van der Waals surface area contributed by atoms with Gasteiger partial charge in [-0.15, -0.1) is 0 Å². The number of carbonyl (C=O) groups is 2. The van der Waals surface area contributed by atoms with Crippen molar-refractivity contribution in [2.45, 2.75) is 12.8 Å². The zero-order valence-corrected chi connectivity index (χ0v) is 15.1. The Kier molecular flexibility index (Phi) is 6.98. The van der Waals surface area contributed by atoms with Gasteiger partial charge in [-0.1, -0.05) is 41.9 Å². The van der Waals surface area contributed by atoms with Gasteiger partial charge in [-0.05, 0) is 44.3 Å². The minimum absolute atomic E-state index is 0.130. The highest BCUT2D eigenvalue weighted by molar-refractivity contribution is 6.31. The maximum atomic E-state index is 12.2. The second-order valence-corrected chi connectivity index (χ2v) is 6.38. The highest BCUT2D eigenvalue weighted by Crippen LogP contribution is 2.22. The fourth-order valence-electron chi connectivity index (χ4n) is 2.34. The lowest BCUT2D eigenvalue weighted by atomic mass is 10.1. The first-order valence-electron chi connectivity index (χ1n) is 8.02. The number of amides is 2. The summed E-state index contributed by atoms with van der Waals surface area (Å²) in [5, 5.41) is 6.32. The maximum absolute atomic E-state index is 12.2. The number of carbonyl (C=O) groups excluding carboxylic acids is 2. The van der Waals surface area contributed by atoms with Crippen molar-refractivity contribution in [3.05, 3.63) is 59.1 Å². The van der Waals surface area contributed by atoms with E-state index in [4.69, 9.17) is 11.6 Å². The van der Waals surface area contributed by atoms with E-state index in [2.05, 4.69) is 10.6 Å². The molecule has 0 unspecified atom stereocenters. The van der Waals surface area contributed by atoms with Crippen LogP contribution in [0.25, 0.3) is 0 Å². The maximum Gasteiger partial charge on any atom is 0.238 e. The van der Waals surface area contributed by atoms with Crippen molar-refractivity contribution in [2.24, 2.45) is 0 Å². The van der Waals surface area contributed by atoms with Crippen molar-refractivity contribution >= 4 is 34.8 Å². The molecule has 0 heterocycles. The summed E-state index contributed by atoms with van der Waals surface area (Å²) in [4.78, 5) is 25.9. The summed E-state index contributed by atoms with van der Waals surface area (Å²) < 4.78 is 0. The predicted molar refractivity (Wildman–Crippen MR) is 102 cm³/mol. The number of rotatable bonds is 7. The number of hydrogen-bond donors (Lipinski definition) is 2. The standard InChI is InChI=1S/C19H22ClN3O2/c1-23(2)13-19(25)22-17-10-6-5-9-16(17)21-18(24)12-11-14-7-3-4-8-15(14)20/h3-10H,11-13H2,1-2H3,(H,21,24)(H,22,25). The van der Waals surface area contributed by atoms with E-state index < -0.39 is 0 Å². The number of hydrogen-bond acceptors (Lipinski definition) is 3. The first-order valence-corrected chi connectivity index (χ1v) is 8.40. The Morgan fingerprint density at radius 1 is 0.920 bits per heavy atom. The summed E-state index contributed by atoms with van der Waals surface area (Å²) in [6.45, 7) is 0.273. The van der Waals surface area contributed by atoms with Crippen molar-refractivity contribution in [3.63, 3.8) is 0 Å². The molecule has 2 amide bonds. The van der Waals surface area contributed by atoms with Gasteiger partial charge in [0.25, 0.3) is 0 Å². The van der Waals surface area contributed by atoms with E-state index in [9.17, 15) is 9.59 Å². The van der Waals surface area contributed by atoms with E-state index in [1.165, 1.54) is 0 Å². The van der Waals surface area contributed by atoms with Crippen LogP contribution in [-0.4, -0.2) is 37.4 Å². The SMILES string of the molecule is CN(C)CC(=O)Nc1ccccc1NC(=O)CCc1ccccc1Cl. The number of benzene rings is 2. The van der Waals surface area contributed by atoms with Gasteiger partial charge in [0.05, 0.1) is 17.9 Å². The number of anilines is 2. The van der Waals surface area contributed by atoms with Crippen LogP contribution in [0.4, 0.5) is 11.4 Å². The van der Waals surface area contributed by atoms with Crippen molar-refractivity contribution < 1.29 is 9.59 Å². The lowest BCUT2D eigenvalue weighted by Gasteiger charge is -2.14. The molecule has 0 aliphatic heterocycles. The quantitative estimate of drug-likeness (QED) is 0.796. The zero-order chi connectivity index (χ0) is 18.2. The van der Waals surface area contributed by atoms with Gasteiger partial charge in [0, 0.05) is 11.4 Å². The number of aryl methyl sites for hydroxylation is 1. The van der Waals surface area contributed by atoms with Crippen LogP contribution >= 0.6 is 11.6 Å². The molecule has 0 saturated heterocycles. The molecule has 0 aliphatic carbocycles. The smallest absolute Gasteiger partial charge is 0.238 e. The lowest BCUT2D eigenvalue weighted by molar-refractivity contribution is -0.117. The van der Waals surface area contributed by atoms with Gasteiger partial charge in [-0.25, -0.2) is 0 Å². The second-order valence-electron chi connectivity index (χ2n) is 5.97. The van der Waals surface area contributed by atoms with Crippen LogP contribution in [0, 0.1) is 0 Å². The van der Waals surface area contributed by atoms with Gasteiger partial charge in [-0.3, -0.25) is 9.59 Å². The molecule has 0 saturated carbocycles. The molecule has 6 heteroatoms. The highest BCUT2D eigenvalue weighted by atomic mass is 35.5. The Morgan fingerprint density at radius 2 is 1.48 bits per heavy atom. The average molecular weight is 360 g/mol. The molecule has 2 aromatic carbocycles.